The number of aliphatic hydroxyl groups excluding tert-OH is 1. The van der Waals surface area contributed by atoms with Crippen molar-refractivity contribution in [3.63, 3.8) is 0 Å². The molecule has 3 N–H and O–H groups in total. The third-order valence-electron chi connectivity index (χ3n) is 4.58. The normalized spacial score (nSPS) is 29.3. The van der Waals surface area contributed by atoms with Gasteiger partial charge in [-0.3, -0.25) is 4.79 Å². The van der Waals surface area contributed by atoms with E-state index < -0.39 is 0 Å². The lowest BCUT2D eigenvalue weighted by atomic mass is 9.78. The van der Waals surface area contributed by atoms with E-state index in [0.29, 0.717) is 30.3 Å². The van der Waals surface area contributed by atoms with Crippen molar-refractivity contribution < 1.29 is 9.90 Å². The molecule has 112 valence electrons. The van der Waals surface area contributed by atoms with E-state index in [4.69, 9.17) is 0 Å². The van der Waals surface area contributed by atoms with Gasteiger partial charge in [-0.15, -0.1) is 0 Å². The number of rotatable bonds is 6. The van der Waals surface area contributed by atoms with Crippen LogP contribution in [0, 0.1) is 17.8 Å². The Balaban J connectivity index is 2.34. The van der Waals surface area contributed by atoms with Gasteiger partial charge in [0.15, 0.2) is 0 Å². The Kier molecular flexibility index (Phi) is 6.80. The average Bonchev–Trinajstić information content (AvgIpc) is 2.35. The molecule has 4 atom stereocenters. The monoisotopic (exact) mass is 270 g/mol. The lowest BCUT2D eigenvalue weighted by Crippen LogP contribution is -2.49. The Labute approximate surface area is 117 Å². The van der Waals surface area contributed by atoms with Gasteiger partial charge in [0.2, 0.25) is 5.91 Å². The van der Waals surface area contributed by atoms with Crippen molar-refractivity contribution in [2.75, 3.05) is 13.2 Å². The third kappa shape index (κ3) is 5.11. The van der Waals surface area contributed by atoms with Crippen molar-refractivity contribution in [1.29, 1.82) is 0 Å². The summed E-state index contributed by atoms with van der Waals surface area (Å²) in [6, 6.07) is 0.304. The van der Waals surface area contributed by atoms with E-state index in [1.165, 1.54) is 12.8 Å². The highest BCUT2D eigenvalue weighted by Gasteiger charge is 2.28. The van der Waals surface area contributed by atoms with Crippen LogP contribution in [0.4, 0.5) is 0 Å². The first-order chi connectivity index (χ1) is 8.95. The Morgan fingerprint density at radius 3 is 2.58 bits per heavy atom. The molecule has 0 aromatic carbocycles. The first-order valence-corrected chi connectivity index (χ1v) is 7.59. The fraction of sp³-hybridized carbons (Fsp3) is 0.933. The maximum Gasteiger partial charge on any atom is 0.234 e. The summed E-state index contributed by atoms with van der Waals surface area (Å²) in [6.07, 6.45) is 3.56. The highest BCUT2D eigenvalue weighted by Crippen LogP contribution is 2.29. The molecule has 0 heterocycles. The van der Waals surface area contributed by atoms with Crippen molar-refractivity contribution >= 4 is 5.91 Å². The van der Waals surface area contributed by atoms with Gasteiger partial charge in [-0.25, -0.2) is 0 Å². The quantitative estimate of drug-likeness (QED) is 0.686. The van der Waals surface area contributed by atoms with Crippen LogP contribution in [0.3, 0.4) is 0 Å². The minimum atomic E-state index is -0.00606. The number of carbonyl (C=O) groups is 1. The minimum absolute atomic E-state index is 0.00606. The summed E-state index contributed by atoms with van der Waals surface area (Å²) in [5.74, 6) is 1.61. The summed E-state index contributed by atoms with van der Waals surface area (Å²) in [4.78, 5) is 12.0. The molecule has 1 fully saturated rings. The maximum atomic E-state index is 12.0. The standard InChI is InChI=1S/C15H30N2O2/c1-10(2)14(9-18)16-8-15(19)17-13-7-5-6-11(3)12(13)4/h10-14,16,18H,5-9H2,1-4H3,(H,17,19)/t11-,12-,13+,14-/m1/s1. The fourth-order valence-electron chi connectivity index (χ4n) is 2.78. The van der Waals surface area contributed by atoms with E-state index in [1.54, 1.807) is 0 Å². The molecule has 0 aromatic heterocycles. The van der Waals surface area contributed by atoms with E-state index in [0.717, 1.165) is 6.42 Å². The number of nitrogens with one attached hydrogen (secondary N) is 2. The fourth-order valence-corrected chi connectivity index (χ4v) is 2.78. The molecule has 1 amide bonds. The first-order valence-electron chi connectivity index (χ1n) is 7.59. The van der Waals surface area contributed by atoms with Gasteiger partial charge in [-0.1, -0.05) is 40.5 Å². The molecule has 1 rings (SSSR count). The number of amides is 1. The van der Waals surface area contributed by atoms with E-state index in [1.807, 2.05) is 13.8 Å². The molecule has 0 saturated heterocycles. The Morgan fingerprint density at radius 2 is 2.00 bits per heavy atom. The van der Waals surface area contributed by atoms with E-state index >= 15 is 0 Å². The molecule has 4 nitrogen and oxygen atoms in total. The van der Waals surface area contributed by atoms with E-state index in [2.05, 4.69) is 24.5 Å². The molecule has 19 heavy (non-hydrogen) atoms. The zero-order valence-electron chi connectivity index (χ0n) is 12.8. The molecule has 0 aliphatic heterocycles. The van der Waals surface area contributed by atoms with Gasteiger partial charge in [-0.2, -0.15) is 0 Å². The van der Waals surface area contributed by atoms with Gasteiger partial charge in [0.1, 0.15) is 0 Å². The van der Waals surface area contributed by atoms with Crippen LogP contribution >= 0.6 is 0 Å². The van der Waals surface area contributed by atoms with Gasteiger partial charge in [0.25, 0.3) is 0 Å². The van der Waals surface area contributed by atoms with Crippen LogP contribution in [0.1, 0.15) is 47.0 Å². The number of hydrogen-bond donors (Lipinski definition) is 3. The highest BCUT2D eigenvalue weighted by molar-refractivity contribution is 5.78. The zero-order chi connectivity index (χ0) is 14.4. The molecule has 0 spiro atoms. The summed E-state index contributed by atoms with van der Waals surface area (Å²) in [5.41, 5.74) is 0. The van der Waals surface area contributed by atoms with Gasteiger partial charge in [0, 0.05) is 12.1 Å². The van der Waals surface area contributed by atoms with Crippen molar-refractivity contribution in [3.05, 3.63) is 0 Å². The van der Waals surface area contributed by atoms with Gasteiger partial charge < -0.3 is 15.7 Å². The smallest absolute Gasteiger partial charge is 0.234 e. The summed E-state index contributed by atoms with van der Waals surface area (Å²) < 4.78 is 0. The average molecular weight is 270 g/mol. The van der Waals surface area contributed by atoms with Crippen LogP contribution in [0.15, 0.2) is 0 Å². The highest BCUT2D eigenvalue weighted by atomic mass is 16.3. The number of carbonyl (C=O) groups excluding carboxylic acids is 1. The van der Waals surface area contributed by atoms with Crippen LogP contribution in [-0.4, -0.2) is 36.2 Å². The van der Waals surface area contributed by atoms with Crippen LogP contribution in [0.5, 0.6) is 0 Å². The largest absolute Gasteiger partial charge is 0.395 e. The molecular weight excluding hydrogens is 240 g/mol. The zero-order valence-corrected chi connectivity index (χ0v) is 12.8. The van der Waals surface area contributed by atoms with Crippen LogP contribution in [-0.2, 0) is 4.79 Å². The van der Waals surface area contributed by atoms with Crippen LogP contribution < -0.4 is 10.6 Å². The topological polar surface area (TPSA) is 61.4 Å². The van der Waals surface area contributed by atoms with Gasteiger partial charge in [0.05, 0.1) is 13.2 Å². The molecule has 0 bridgehead atoms. The maximum absolute atomic E-state index is 12.0. The number of hydrogen-bond acceptors (Lipinski definition) is 3. The molecule has 1 aliphatic carbocycles. The predicted octanol–water partition coefficient (Wildman–Crippen LogP) is 1.53. The summed E-state index contributed by atoms with van der Waals surface area (Å²) >= 11 is 0. The molecular formula is C15H30N2O2. The Bertz CT molecular complexity index is 281. The molecule has 0 radical (unpaired) electrons. The summed E-state index contributed by atoms with van der Waals surface area (Å²) in [7, 11) is 0. The summed E-state index contributed by atoms with van der Waals surface area (Å²) in [6.45, 7) is 8.94. The van der Waals surface area contributed by atoms with Gasteiger partial charge >= 0.3 is 0 Å². The molecule has 0 aromatic rings. The molecule has 1 aliphatic rings. The molecule has 1 saturated carbocycles. The first kappa shape index (κ1) is 16.4. The second-order valence-electron chi connectivity index (χ2n) is 6.36. The second-order valence-corrected chi connectivity index (χ2v) is 6.36. The predicted molar refractivity (Wildman–Crippen MR) is 77.8 cm³/mol. The third-order valence-corrected chi connectivity index (χ3v) is 4.58. The van der Waals surface area contributed by atoms with Crippen molar-refractivity contribution in [1.82, 2.24) is 10.6 Å². The summed E-state index contributed by atoms with van der Waals surface area (Å²) in [5, 5.41) is 15.5. The lowest BCUT2D eigenvalue weighted by Gasteiger charge is -2.34. The lowest BCUT2D eigenvalue weighted by molar-refractivity contribution is -0.121. The van der Waals surface area contributed by atoms with Crippen LogP contribution in [0.25, 0.3) is 0 Å². The Hall–Kier alpha value is -0.610. The van der Waals surface area contributed by atoms with Crippen molar-refractivity contribution in [3.8, 4) is 0 Å². The van der Waals surface area contributed by atoms with E-state index in [9.17, 15) is 9.90 Å². The number of aliphatic hydroxyl groups is 1. The second kappa shape index (κ2) is 7.85. The molecule has 0 unspecified atom stereocenters. The molecule has 4 heteroatoms. The van der Waals surface area contributed by atoms with E-state index in [-0.39, 0.29) is 18.6 Å². The van der Waals surface area contributed by atoms with Gasteiger partial charge in [-0.05, 0) is 24.2 Å². The minimum Gasteiger partial charge on any atom is -0.395 e. The van der Waals surface area contributed by atoms with Crippen LogP contribution in [0.2, 0.25) is 0 Å². The van der Waals surface area contributed by atoms with Crippen molar-refractivity contribution in [2.45, 2.75) is 59.0 Å². The SMILES string of the molecule is CC(C)[C@@H](CO)NCC(=O)N[C@H]1CCC[C@@H](C)[C@H]1C. The van der Waals surface area contributed by atoms with Crippen molar-refractivity contribution in [2.24, 2.45) is 17.8 Å². The Morgan fingerprint density at radius 1 is 1.32 bits per heavy atom.